The number of pyridine rings is 1. The SMILES string of the molecule is COC[C@H]1CCCN1C(=O)c1ccc(-c2ccnc3[nH]ccc23)s1. The van der Waals surface area contributed by atoms with E-state index in [0.29, 0.717) is 6.61 Å². The molecule has 0 saturated carbocycles. The highest BCUT2D eigenvalue weighted by atomic mass is 32.1. The van der Waals surface area contributed by atoms with Gasteiger partial charge in [-0.1, -0.05) is 0 Å². The van der Waals surface area contributed by atoms with Crippen molar-refractivity contribution in [1.29, 1.82) is 0 Å². The van der Waals surface area contributed by atoms with Crippen LogP contribution in [0.15, 0.2) is 36.7 Å². The summed E-state index contributed by atoms with van der Waals surface area (Å²) < 4.78 is 5.25. The van der Waals surface area contributed by atoms with Gasteiger partial charge < -0.3 is 14.6 Å². The lowest BCUT2D eigenvalue weighted by atomic mass is 10.1. The van der Waals surface area contributed by atoms with Crippen LogP contribution in [0.25, 0.3) is 21.5 Å². The second kappa shape index (κ2) is 6.37. The average Bonchev–Trinajstić information content (AvgIpc) is 3.34. The van der Waals surface area contributed by atoms with Crippen LogP contribution in [0.2, 0.25) is 0 Å². The number of carbonyl (C=O) groups excluding carboxylic acids is 1. The first-order valence-corrected chi connectivity index (χ1v) is 8.92. The quantitative estimate of drug-likeness (QED) is 0.789. The number of aromatic nitrogens is 2. The van der Waals surface area contributed by atoms with E-state index < -0.39 is 0 Å². The van der Waals surface area contributed by atoms with Gasteiger partial charge in [-0.2, -0.15) is 0 Å². The minimum atomic E-state index is 0.116. The summed E-state index contributed by atoms with van der Waals surface area (Å²) in [5.41, 5.74) is 1.98. The number of nitrogens with one attached hydrogen (secondary N) is 1. The molecule has 0 aromatic carbocycles. The number of fused-ring (bicyclic) bond motifs is 1. The number of likely N-dealkylation sites (tertiary alicyclic amines) is 1. The van der Waals surface area contributed by atoms with Gasteiger partial charge in [-0.25, -0.2) is 4.98 Å². The largest absolute Gasteiger partial charge is 0.383 e. The van der Waals surface area contributed by atoms with Crippen LogP contribution in [0, 0.1) is 0 Å². The molecule has 1 aliphatic rings. The van der Waals surface area contributed by atoms with Gasteiger partial charge in [0, 0.05) is 41.9 Å². The second-order valence-corrected chi connectivity index (χ2v) is 7.10. The maximum absolute atomic E-state index is 12.9. The molecule has 1 atom stereocenters. The molecule has 6 heteroatoms. The van der Waals surface area contributed by atoms with Gasteiger partial charge in [0.15, 0.2) is 0 Å². The third kappa shape index (κ3) is 2.61. The molecular formula is C18H19N3O2S. The molecule has 24 heavy (non-hydrogen) atoms. The monoisotopic (exact) mass is 341 g/mol. The van der Waals surface area contributed by atoms with E-state index in [1.807, 2.05) is 35.4 Å². The summed E-state index contributed by atoms with van der Waals surface area (Å²) in [6, 6.07) is 8.18. The summed E-state index contributed by atoms with van der Waals surface area (Å²) in [6.45, 7) is 1.43. The van der Waals surface area contributed by atoms with Crippen LogP contribution >= 0.6 is 11.3 Å². The van der Waals surface area contributed by atoms with Gasteiger partial charge in [0.25, 0.3) is 5.91 Å². The zero-order valence-electron chi connectivity index (χ0n) is 13.5. The lowest BCUT2D eigenvalue weighted by Gasteiger charge is -2.23. The minimum Gasteiger partial charge on any atom is -0.383 e. The number of nitrogens with zero attached hydrogens (tertiary/aromatic N) is 2. The fraction of sp³-hybridized carbons (Fsp3) is 0.333. The molecule has 1 fully saturated rings. The van der Waals surface area contributed by atoms with Crippen molar-refractivity contribution >= 4 is 28.3 Å². The predicted molar refractivity (Wildman–Crippen MR) is 95.3 cm³/mol. The number of aromatic amines is 1. The molecule has 0 radical (unpaired) electrons. The van der Waals surface area contributed by atoms with E-state index in [0.717, 1.165) is 45.7 Å². The van der Waals surface area contributed by atoms with Gasteiger partial charge >= 0.3 is 0 Å². The topological polar surface area (TPSA) is 58.2 Å². The first-order valence-electron chi connectivity index (χ1n) is 8.10. The van der Waals surface area contributed by atoms with E-state index in [-0.39, 0.29) is 11.9 Å². The van der Waals surface area contributed by atoms with Crippen molar-refractivity contribution in [2.45, 2.75) is 18.9 Å². The maximum Gasteiger partial charge on any atom is 0.264 e. The van der Waals surface area contributed by atoms with Crippen LogP contribution in [-0.2, 0) is 4.74 Å². The van der Waals surface area contributed by atoms with Crippen LogP contribution in [0.5, 0.6) is 0 Å². The highest BCUT2D eigenvalue weighted by Crippen LogP contribution is 2.34. The molecule has 1 amide bonds. The molecule has 0 spiro atoms. The van der Waals surface area contributed by atoms with E-state index in [9.17, 15) is 4.79 Å². The van der Waals surface area contributed by atoms with Gasteiger partial charge in [-0.15, -0.1) is 11.3 Å². The van der Waals surface area contributed by atoms with E-state index in [1.54, 1.807) is 24.6 Å². The number of hydrogen-bond acceptors (Lipinski definition) is 4. The van der Waals surface area contributed by atoms with Crippen LogP contribution in [0.4, 0.5) is 0 Å². The Balaban J connectivity index is 1.63. The van der Waals surface area contributed by atoms with Gasteiger partial charge in [-0.05, 0) is 37.1 Å². The molecule has 1 saturated heterocycles. The Labute approximate surface area is 144 Å². The van der Waals surface area contributed by atoms with E-state index >= 15 is 0 Å². The highest BCUT2D eigenvalue weighted by molar-refractivity contribution is 7.17. The molecule has 124 valence electrons. The van der Waals surface area contributed by atoms with Gasteiger partial charge in [-0.3, -0.25) is 4.79 Å². The van der Waals surface area contributed by atoms with Crippen LogP contribution in [0.3, 0.4) is 0 Å². The molecule has 5 nitrogen and oxygen atoms in total. The molecule has 4 heterocycles. The minimum absolute atomic E-state index is 0.116. The van der Waals surface area contributed by atoms with Crippen molar-refractivity contribution < 1.29 is 9.53 Å². The standard InChI is InChI=1S/C18H19N3O2S/c1-23-11-12-3-2-10-21(12)18(22)16-5-4-15(24-16)13-6-8-19-17-14(13)7-9-20-17/h4-9,12H,2-3,10-11H2,1H3,(H,19,20)/t12-/m1/s1. The summed E-state index contributed by atoms with van der Waals surface area (Å²) in [7, 11) is 1.69. The molecule has 3 aromatic rings. The summed E-state index contributed by atoms with van der Waals surface area (Å²) in [6.07, 6.45) is 5.75. The fourth-order valence-electron chi connectivity index (χ4n) is 3.38. The fourth-order valence-corrected chi connectivity index (χ4v) is 4.39. The number of thiophene rings is 1. The normalized spacial score (nSPS) is 17.7. The van der Waals surface area contributed by atoms with Gasteiger partial charge in [0.2, 0.25) is 0 Å². The number of ether oxygens (including phenoxy) is 1. The van der Waals surface area contributed by atoms with Crippen LogP contribution in [-0.4, -0.2) is 47.1 Å². The van der Waals surface area contributed by atoms with Crippen LogP contribution < -0.4 is 0 Å². The first-order chi connectivity index (χ1) is 11.8. The average molecular weight is 341 g/mol. The predicted octanol–water partition coefficient (Wildman–Crippen LogP) is 3.54. The van der Waals surface area contributed by atoms with Gasteiger partial charge in [0.1, 0.15) is 5.65 Å². The van der Waals surface area contributed by atoms with E-state index in [4.69, 9.17) is 4.74 Å². The lowest BCUT2D eigenvalue weighted by molar-refractivity contribution is 0.0635. The number of amides is 1. The molecule has 0 bridgehead atoms. The maximum atomic E-state index is 12.9. The van der Waals surface area contributed by atoms with E-state index in [1.165, 1.54) is 0 Å². The van der Waals surface area contributed by atoms with Crippen molar-refractivity contribution in [2.24, 2.45) is 0 Å². The summed E-state index contributed by atoms with van der Waals surface area (Å²) >= 11 is 1.55. The highest BCUT2D eigenvalue weighted by Gasteiger charge is 2.30. The number of rotatable bonds is 4. The zero-order valence-corrected chi connectivity index (χ0v) is 14.3. The van der Waals surface area contributed by atoms with Gasteiger partial charge in [0.05, 0.1) is 17.5 Å². The van der Waals surface area contributed by atoms with Crippen molar-refractivity contribution in [3.8, 4) is 10.4 Å². The number of carbonyl (C=O) groups is 1. The molecule has 1 N–H and O–H groups in total. The summed E-state index contributed by atoms with van der Waals surface area (Å²) in [5.74, 6) is 0.116. The van der Waals surface area contributed by atoms with Crippen molar-refractivity contribution in [2.75, 3.05) is 20.3 Å². The number of H-pyrrole nitrogens is 1. The molecule has 4 rings (SSSR count). The first kappa shape index (κ1) is 15.4. The lowest BCUT2D eigenvalue weighted by Crippen LogP contribution is -2.37. The Morgan fingerprint density at radius 3 is 3.21 bits per heavy atom. The van der Waals surface area contributed by atoms with Crippen molar-refractivity contribution in [1.82, 2.24) is 14.9 Å². The Morgan fingerprint density at radius 2 is 2.33 bits per heavy atom. The third-order valence-corrected chi connectivity index (χ3v) is 5.65. The Bertz CT molecular complexity index is 870. The molecule has 0 aliphatic carbocycles. The molecular weight excluding hydrogens is 322 g/mol. The third-order valence-electron chi connectivity index (χ3n) is 4.54. The Morgan fingerprint density at radius 1 is 1.42 bits per heavy atom. The van der Waals surface area contributed by atoms with Crippen LogP contribution in [0.1, 0.15) is 22.5 Å². The summed E-state index contributed by atoms with van der Waals surface area (Å²) in [4.78, 5) is 24.1. The Kier molecular flexibility index (Phi) is 4.08. The zero-order chi connectivity index (χ0) is 16.5. The van der Waals surface area contributed by atoms with Crippen molar-refractivity contribution in [3.05, 3.63) is 41.5 Å². The number of hydrogen-bond donors (Lipinski definition) is 1. The molecule has 1 aliphatic heterocycles. The number of methoxy groups -OCH3 is 1. The second-order valence-electron chi connectivity index (χ2n) is 6.01. The summed E-state index contributed by atoms with van der Waals surface area (Å²) in [5, 5.41) is 1.08. The smallest absolute Gasteiger partial charge is 0.264 e. The van der Waals surface area contributed by atoms with E-state index in [2.05, 4.69) is 9.97 Å². The Hall–Kier alpha value is -2.18. The molecule has 3 aromatic heterocycles. The van der Waals surface area contributed by atoms with Crippen molar-refractivity contribution in [3.63, 3.8) is 0 Å². The molecule has 0 unspecified atom stereocenters.